The number of ether oxygens (including phenoxy) is 2. The van der Waals surface area contributed by atoms with E-state index in [-0.39, 0.29) is 29.4 Å². The first-order chi connectivity index (χ1) is 15.1. The number of hydrogen-bond acceptors (Lipinski definition) is 6. The number of morpholine rings is 1. The molecule has 2 aliphatic rings. The molecule has 178 valence electrons. The van der Waals surface area contributed by atoms with Crippen LogP contribution in [0.4, 0.5) is 4.79 Å². The van der Waals surface area contributed by atoms with E-state index in [1.165, 1.54) is 4.31 Å². The number of nitrogens with one attached hydrogen (secondary N) is 1. The molecule has 2 aliphatic heterocycles. The fraction of sp³-hybridized carbons (Fsp3) is 0.636. The van der Waals surface area contributed by atoms with Crippen molar-refractivity contribution in [3.8, 4) is 0 Å². The first-order valence-corrected chi connectivity index (χ1v) is 12.4. The molecule has 0 radical (unpaired) electrons. The van der Waals surface area contributed by atoms with Gasteiger partial charge in [0.25, 0.3) is 0 Å². The van der Waals surface area contributed by atoms with E-state index in [0.717, 1.165) is 0 Å². The average Bonchev–Trinajstić information content (AvgIpc) is 2.77. The fourth-order valence-corrected chi connectivity index (χ4v) is 5.44. The van der Waals surface area contributed by atoms with Crippen LogP contribution in [-0.4, -0.2) is 74.6 Å². The molecule has 0 unspecified atom stereocenters. The van der Waals surface area contributed by atoms with Crippen molar-refractivity contribution in [1.29, 1.82) is 0 Å². The minimum Gasteiger partial charge on any atom is -0.444 e. The molecule has 2 fully saturated rings. The van der Waals surface area contributed by atoms with Gasteiger partial charge in [0.05, 0.1) is 18.1 Å². The third kappa shape index (κ3) is 6.20. The zero-order valence-corrected chi connectivity index (χ0v) is 19.8. The Morgan fingerprint density at radius 1 is 1.09 bits per heavy atom. The van der Waals surface area contributed by atoms with Crippen LogP contribution in [0.15, 0.2) is 29.2 Å². The summed E-state index contributed by atoms with van der Waals surface area (Å²) in [7, 11) is -3.65. The van der Waals surface area contributed by atoms with Crippen molar-refractivity contribution >= 4 is 22.0 Å². The van der Waals surface area contributed by atoms with Crippen LogP contribution >= 0.6 is 0 Å². The van der Waals surface area contributed by atoms with Crippen LogP contribution in [0.2, 0.25) is 0 Å². The molecule has 2 amide bonds. The maximum atomic E-state index is 13.1. The van der Waals surface area contributed by atoms with Gasteiger partial charge in [0, 0.05) is 38.6 Å². The first kappa shape index (κ1) is 24.5. The molecule has 0 bridgehead atoms. The number of benzene rings is 1. The summed E-state index contributed by atoms with van der Waals surface area (Å²) in [6, 6.07) is 6.74. The molecule has 0 aromatic heterocycles. The summed E-state index contributed by atoms with van der Waals surface area (Å²) in [5.74, 6) is -0.357. The third-order valence-corrected chi connectivity index (χ3v) is 7.53. The van der Waals surface area contributed by atoms with Gasteiger partial charge < -0.3 is 19.7 Å². The molecule has 0 spiro atoms. The summed E-state index contributed by atoms with van der Waals surface area (Å²) >= 11 is 0. The van der Waals surface area contributed by atoms with Crippen LogP contribution in [0.3, 0.4) is 0 Å². The first-order valence-electron chi connectivity index (χ1n) is 11.0. The molecule has 0 aliphatic carbocycles. The van der Waals surface area contributed by atoms with Crippen molar-refractivity contribution in [1.82, 2.24) is 14.5 Å². The Morgan fingerprint density at radius 2 is 1.72 bits per heavy atom. The molecule has 1 aromatic rings. The number of amides is 2. The molecule has 2 heterocycles. The lowest BCUT2D eigenvalue weighted by molar-refractivity contribution is -0.126. The molecule has 1 N–H and O–H groups in total. The van der Waals surface area contributed by atoms with Crippen LogP contribution in [0.1, 0.15) is 39.2 Å². The lowest BCUT2D eigenvalue weighted by atomic mass is 9.96. The molecule has 9 nitrogen and oxygen atoms in total. The van der Waals surface area contributed by atoms with E-state index < -0.39 is 15.6 Å². The van der Waals surface area contributed by atoms with Crippen LogP contribution in [0.25, 0.3) is 0 Å². The standard InChI is InChI=1S/C22H33N3O6S/c1-22(2,3)31-21(27)24-10-8-17(9-11-24)20(26)23-16-18-6-4-5-7-19(18)32(28,29)25-12-14-30-15-13-25/h4-7,17H,8-16H2,1-3H3,(H,23,26). The van der Waals surface area contributed by atoms with Gasteiger partial charge in [0.2, 0.25) is 15.9 Å². The van der Waals surface area contributed by atoms with E-state index in [9.17, 15) is 18.0 Å². The maximum Gasteiger partial charge on any atom is 0.410 e. The Hall–Kier alpha value is -2.17. The minimum atomic E-state index is -3.65. The average molecular weight is 468 g/mol. The van der Waals surface area contributed by atoms with Gasteiger partial charge in [-0.15, -0.1) is 0 Å². The zero-order valence-electron chi connectivity index (χ0n) is 19.0. The fourth-order valence-electron chi connectivity index (χ4n) is 3.80. The molecule has 2 saturated heterocycles. The molecule has 10 heteroatoms. The van der Waals surface area contributed by atoms with Crippen LogP contribution in [-0.2, 0) is 30.8 Å². The number of sulfonamides is 1. The maximum absolute atomic E-state index is 13.1. The van der Waals surface area contributed by atoms with Gasteiger partial charge in [-0.25, -0.2) is 13.2 Å². The summed E-state index contributed by atoms with van der Waals surface area (Å²) in [6.07, 6.45) is 0.719. The highest BCUT2D eigenvalue weighted by atomic mass is 32.2. The van der Waals surface area contributed by atoms with Crippen LogP contribution in [0.5, 0.6) is 0 Å². The number of carbonyl (C=O) groups is 2. The number of rotatable bonds is 5. The van der Waals surface area contributed by atoms with E-state index in [4.69, 9.17) is 9.47 Å². The molecule has 1 aromatic carbocycles. The summed E-state index contributed by atoms with van der Waals surface area (Å²) in [4.78, 5) is 26.7. The van der Waals surface area contributed by atoms with E-state index in [2.05, 4.69) is 5.32 Å². The summed E-state index contributed by atoms with van der Waals surface area (Å²) in [6.45, 7) is 7.89. The quantitative estimate of drug-likeness (QED) is 0.710. The van der Waals surface area contributed by atoms with Gasteiger partial charge >= 0.3 is 6.09 Å². The van der Waals surface area contributed by atoms with E-state index in [0.29, 0.717) is 57.8 Å². The predicted octanol–water partition coefficient (Wildman–Crippen LogP) is 1.97. The predicted molar refractivity (Wildman–Crippen MR) is 118 cm³/mol. The third-order valence-electron chi connectivity index (χ3n) is 5.53. The topological polar surface area (TPSA) is 105 Å². The number of nitrogens with zero attached hydrogens (tertiary/aromatic N) is 2. The Bertz CT molecular complexity index is 914. The zero-order chi connectivity index (χ0) is 23.4. The highest BCUT2D eigenvalue weighted by Crippen LogP contribution is 2.23. The molecule has 0 saturated carbocycles. The molecule has 32 heavy (non-hydrogen) atoms. The van der Waals surface area contributed by atoms with Gasteiger partial charge in [0.15, 0.2) is 0 Å². The van der Waals surface area contributed by atoms with Crippen molar-refractivity contribution < 1.29 is 27.5 Å². The largest absolute Gasteiger partial charge is 0.444 e. The molecule has 3 rings (SSSR count). The van der Waals surface area contributed by atoms with Gasteiger partial charge in [0.1, 0.15) is 5.60 Å². The van der Waals surface area contributed by atoms with E-state index in [1.807, 2.05) is 20.8 Å². The second-order valence-electron chi connectivity index (χ2n) is 9.08. The van der Waals surface area contributed by atoms with Crippen molar-refractivity contribution in [2.75, 3.05) is 39.4 Å². The van der Waals surface area contributed by atoms with Crippen LogP contribution < -0.4 is 5.32 Å². The van der Waals surface area contributed by atoms with Gasteiger partial charge in [-0.3, -0.25) is 4.79 Å². The van der Waals surface area contributed by atoms with Crippen molar-refractivity contribution in [2.45, 2.75) is 50.7 Å². The van der Waals surface area contributed by atoms with Crippen LogP contribution in [0, 0.1) is 5.92 Å². The monoisotopic (exact) mass is 467 g/mol. The summed E-state index contributed by atoms with van der Waals surface area (Å²) in [5, 5.41) is 2.89. The highest BCUT2D eigenvalue weighted by molar-refractivity contribution is 7.89. The highest BCUT2D eigenvalue weighted by Gasteiger charge is 2.31. The van der Waals surface area contributed by atoms with E-state index in [1.54, 1.807) is 29.2 Å². The minimum absolute atomic E-state index is 0.130. The van der Waals surface area contributed by atoms with Crippen molar-refractivity contribution in [3.05, 3.63) is 29.8 Å². The Kier molecular flexibility index (Phi) is 7.79. The second-order valence-corrected chi connectivity index (χ2v) is 11.0. The number of piperidine rings is 1. The SMILES string of the molecule is CC(C)(C)OC(=O)N1CCC(C(=O)NCc2ccccc2S(=O)(=O)N2CCOCC2)CC1. The molecular formula is C22H33N3O6S. The van der Waals surface area contributed by atoms with E-state index >= 15 is 0 Å². The van der Waals surface area contributed by atoms with Crippen molar-refractivity contribution in [2.24, 2.45) is 5.92 Å². The smallest absolute Gasteiger partial charge is 0.410 e. The second kappa shape index (κ2) is 10.2. The Balaban J connectivity index is 1.57. The van der Waals surface area contributed by atoms with Gasteiger partial charge in [-0.2, -0.15) is 4.31 Å². The summed E-state index contributed by atoms with van der Waals surface area (Å²) in [5.41, 5.74) is -0.00111. The van der Waals surface area contributed by atoms with Crippen molar-refractivity contribution in [3.63, 3.8) is 0 Å². The lowest BCUT2D eigenvalue weighted by Crippen LogP contribution is -2.44. The number of likely N-dealkylation sites (tertiary alicyclic amines) is 1. The Labute approximate surface area is 190 Å². The molecular weight excluding hydrogens is 434 g/mol. The lowest BCUT2D eigenvalue weighted by Gasteiger charge is -2.33. The summed E-state index contributed by atoms with van der Waals surface area (Å²) < 4.78 is 38.2. The normalized spacial score (nSPS) is 18.9. The number of carbonyl (C=O) groups excluding carboxylic acids is 2. The van der Waals surface area contributed by atoms with Gasteiger partial charge in [-0.05, 0) is 45.2 Å². The van der Waals surface area contributed by atoms with Gasteiger partial charge in [-0.1, -0.05) is 18.2 Å². The Morgan fingerprint density at radius 3 is 2.34 bits per heavy atom. The molecule has 0 atom stereocenters. The number of hydrogen-bond donors (Lipinski definition) is 1.